The molecule has 51 heavy (non-hydrogen) atoms. The standard InChI is InChI=1S/C50H63N/c1-46(2,3)37-24-22-33(23-25-37)43-20-17-21-44(36-28-40(49(10,11)12)32-41(29-36)50(13,14)15)45(43)51-42-19-16-18-34(30-42)35-26-38(47(4,5)6)31-39(27-35)48(7,8)9/h16-32,51H,1-15H3. The van der Waals surface area contributed by atoms with Crippen LogP contribution in [0.2, 0.25) is 0 Å². The van der Waals surface area contributed by atoms with Gasteiger partial charge in [0.1, 0.15) is 0 Å². The van der Waals surface area contributed by atoms with Gasteiger partial charge in [-0.05, 0) is 89.3 Å². The molecule has 0 bridgehead atoms. The molecule has 0 aliphatic heterocycles. The number of para-hydroxylation sites is 1. The molecule has 1 heteroatoms. The van der Waals surface area contributed by atoms with Gasteiger partial charge in [0.25, 0.3) is 0 Å². The Hall–Kier alpha value is -4.10. The van der Waals surface area contributed by atoms with Crippen molar-refractivity contribution in [3.63, 3.8) is 0 Å². The second-order valence-corrected chi connectivity index (χ2v) is 19.9. The fourth-order valence-corrected chi connectivity index (χ4v) is 6.55. The first-order valence-corrected chi connectivity index (χ1v) is 18.9. The molecule has 0 aliphatic carbocycles. The Balaban J connectivity index is 1.72. The van der Waals surface area contributed by atoms with Crippen molar-refractivity contribution in [2.75, 3.05) is 5.32 Å². The van der Waals surface area contributed by atoms with Crippen LogP contribution in [0.1, 0.15) is 132 Å². The Morgan fingerprint density at radius 2 is 0.706 bits per heavy atom. The van der Waals surface area contributed by atoms with E-state index in [2.05, 4.69) is 212 Å². The van der Waals surface area contributed by atoms with Crippen LogP contribution < -0.4 is 5.32 Å². The minimum Gasteiger partial charge on any atom is -0.354 e. The number of nitrogens with one attached hydrogen (secondary N) is 1. The largest absolute Gasteiger partial charge is 0.354 e. The summed E-state index contributed by atoms with van der Waals surface area (Å²) in [6.45, 7) is 34.6. The van der Waals surface area contributed by atoms with Crippen molar-refractivity contribution >= 4 is 11.4 Å². The van der Waals surface area contributed by atoms with Gasteiger partial charge < -0.3 is 5.32 Å². The molecule has 268 valence electrons. The lowest BCUT2D eigenvalue weighted by Crippen LogP contribution is -2.16. The number of hydrogen-bond acceptors (Lipinski definition) is 1. The van der Waals surface area contributed by atoms with E-state index in [1.54, 1.807) is 0 Å². The van der Waals surface area contributed by atoms with Crippen molar-refractivity contribution < 1.29 is 0 Å². The van der Waals surface area contributed by atoms with Crippen molar-refractivity contribution in [1.29, 1.82) is 0 Å². The van der Waals surface area contributed by atoms with Gasteiger partial charge in [0.05, 0.1) is 5.69 Å². The molecule has 1 N–H and O–H groups in total. The zero-order valence-corrected chi connectivity index (χ0v) is 34.3. The summed E-state index contributed by atoms with van der Waals surface area (Å²) in [6.07, 6.45) is 0. The Morgan fingerprint density at radius 3 is 1.14 bits per heavy atom. The van der Waals surface area contributed by atoms with Gasteiger partial charge in [-0.25, -0.2) is 0 Å². The molecule has 5 rings (SSSR count). The Bertz CT molecular complexity index is 1940. The zero-order valence-electron chi connectivity index (χ0n) is 34.3. The Kier molecular flexibility index (Phi) is 10.1. The molecule has 0 spiro atoms. The Labute approximate surface area is 311 Å². The van der Waals surface area contributed by atoms with E-state index in [0.717, 1.165) is 11.4 Å². The van der Waals surface area contributed by atoms with Gasteiger partial charge in [-0.15, -0.1) is 0 Å². The highest BCUT2D eigenvalue weighted by Crippen LogP contribution is 2.43. The Morgan fingerprint density at radius 1 is 0.314 bits per heavy atom. The van der Waals surface area contributed by atoms with Crippen LogP contribution in [0.25, 0.3) is 33.4 Å². The first kappa shape index (κ1) is 38.1. The maximum absolute atomic E-state index is 4.00. The fourth-order valence-electron chi connectivity index (χ4n) is 6.55. The van der Waals surface area contributed by atoms with E-state index < -0.39 is 0 Å². The van der Waals surface area contributed by atoms with Crippen LogP contribution in [0.4, 0.5) is 11.4 Å². The quantitative estimate of drug-likeness (QED) is 0.195. The van der Waals surface area contributed by atoms with Crippen LogP contribution in [-0.4, -0.2) is 0 Å². The monoisotopic (exact) mass is 677 g/mol. The first-order chi connectivity index (χ1) is 23.4. The second kappa shape index (κ2) is 13.5. The SMILES string of the molecule is CC(C)(C)c1ccc(-c2cccc(-c3cc(C(C)(C)C)cc(C(C)(C)C)c3)c2Nc2cccc(-c3cc(C(C)(C)C)cc(C(C)(C)C)c3)c2)cc1. The highest BCUT2D eigenvalue weighted by atomic mass is 14.9. The molecule has 0 heterocycles. The molecule has 0 amide bonds. The van der Waals surface area contributed by atoms with Crippen LogP contribution in [-0.2, 0) is 27.1 Å². The third kappa shape index (κ3) is 8.86. The summed E-state index contributed by atoms with van der Waals surface area (Å²) < 4.78 is 0. The van der Waals surface area contributed by atoms with E-state index in [9.17, 15) is 0 Å². The smallest absolute Gasteiger partial charge is 0.0543 e. The van der Waals surface area contributed by atoms with E-state index in [1.807, 2.05) is 0 Å². The van der Waals surface area contributed by atoms with Crippen LogP contribution in [0.5, 0.6) is 0 Å². The first-order valence-electron chi connectivity index (χ1n) is 18.9. The number of rotatable bonds is 5. The van der Waals surface area contributed by atoms with Crippen molar-refractivity contribution in [3.8, 4) is 33.4 Å². The predicted octanol–water partition coefficient (Wildman–Crippen LogP) is 14.9. The predicted molar refractivity (Wildman–Crippen MR) is 226 cm³/mol. The van der Waals surface area contributed by atoms with Crippen LogP contribution in [0.15, 0.2) is 103 Å². The topological polar surface area (TPSA) is 12.0 Å². The van der Waals surface area contributed by atoms with Crippen molar-refractivity contribution in [2.24, 2.45) is 0 Å². The molecule has 5 aromatic rings. The van der Waals surface area contributed by atoms with Crippen molar-refractivity contribution in [1.82, 2.24) is 0 Å². The van der Waals surface area contributed by atoms with Gasteiger partial charge in [0, 0.05) is 16.8 Å². The molecular formula is C50H63N. The van der Waals surface area contributed by atoms with Gasteiger partial charge in [-0.2, -0.15) is 0 Å². The van der Waals surface area contributed by atoms with Crippen molar-refractivity contribution in [2.45, 2.75) is 131 Å². The van der Waals surface area contributed by atoms with Crippen LogP contribution >= 0.6 is 0 Å². The average molecular weight is 678 g/mol. The van der Waals surface area contributed by atoms with Gasteiger partial charge in [-0.3, -0.25) is 0 Å². The molecule has 0 aromatic heterocycles. The maximum Gasteiger partial charge on any atom is 0.0543 e. The highest BCUT2D eigenvalue weighted by Gasteiger charge is 2.24. The lowest BCUT2D eigenvalue weighted by molar-refractivity contribution is 0.568. The summed E-state index contributed by atoms with van der Waals surface area (Å²) in [5, 5.41) is 4.00. The van der Waals surface area contributed by atoms with Crippen molar-refractivity contribution in [3.05, 3.63) is 131 Å². The molecule has 0 saturated carbocycles. The minimum absolute atomic E-state index is 0.0197. The van der Waals surface area contributed by atoms with Crippen LogP contribution in [0.3, 0.4) is 0 Å². The molecule has 0 unspecified atom stereocenters. The molecule has 0 fully saturated rings. The normalized spacial score (nSPS) is 13.0. The maximum atomic E-state index is 4.00. The summed E-state index contributed by atoms with van der Waals surface area (Å²) >= 11 is 0. The number of hydrogen-bond donors (Lipinski definition) is 1. The van der Waals surface area contributed by atoms with Crippen LogP contribution in [0, 0.1) is 0 Å². The second-order valence-electron chi connectivity index (χ2n) is 19.9. The number of anilines is 2. The van der Waals surface area contributed by atoms with Gasteiger partial charge in [0.15, 0.2) is 0 Å². The molecule has 0 radical (unpaired) electrons. The molecule has 0 aliphatic rings. The van der Waals surface area contributed by atoms with E-state index in [-0.39, 0.29) is 27.1 Å². The summed E-state index contributed by atoms with van der Waals surface area (Å²) in [4.78, 5) is 0. The number of benzene rings is 5. The average Bonchev–Trinajstić information content (AvgIpc) is 3.02. The molecule has 0 atom stereocenters. The van der Waals surface area contributed by atoms with Gasteiger partial charge in [-0.1, -0.05) is 195 Å². The molecular weight excluding hydrogens is 615 g/mol. The fraction of sp³-hybridized carbons (Fsp3) is 0.400. The molecule has 0 saturated heterocycles. The van der Waals surface area contributed by atoms with E-state index in [1.165, 1.54) is 61.2 Å². The van der Waals surface area contributed by atoms with Gasteiger partial charge >= 0.3 is 0 Å². The molecule has 1 nitrogen and oxygen atoms in total. The summed E-state index contributed by atoms with van der Waals surface area (Å²) in [5.41, 5.74) is 16.5. The molecule has 5 aromatic carbocycles. The lowest BCUT2D eigenvalue weighted by Gasteiger charge is -2.27. The summed E-state index contributed by atoms with van der Waals surface area (Å²) in [5.74, 6) is 0. The third-order valence-corrected chi connectivity index (χ3v) is 10.2. The highest BCUT2D eigenvalue weighted by molar-refractivity contribution is 5.93. The summed E-state index contributed by atoms with van der Waals surface area (Å²) in [6, 6.07) is 39.3. The van der Waals surface area contributed by atoms with E-state index >= 15 is 0 Å². The zero-order chi connectivity index (χ0) is 37.7. The lowest BCUT2D eigenvalue weighted by atomic mass is 9.78. The van der Waals surface area contributed by atoms with Gasteiger partial charge in [0.2, 0.25) is 0 Å². The summed E-state index contributed by atoms with van der Waals surface area (Å²) in [7, 11) is 0. The minimum atomic E-state index is 0.0197. The van der Waals surface area contributed by atoms with E-state index in [0.29, 0.717) is 0 Å². The third-order valence-electron chi connectivity index (χ3n) is 10.2. The van der Waals surface area contributed by atoms with E-state index in [4.69, 9.17) is 0 Å².